The highest BCUT2D eigenvalue weighted by Gasteiger charge is 2.25. The molecule has 0 radical (unpaired) electrons. The highest BCUT2D eigenvalue weighted by molar-refractivity contribution is 7.12. The molecule has 0 aliphatic carbocycles. The van der Waals surface area contributed by atoms with Crippen molar-refractivity contribution in [2.75, 3.05) is 18.4 Å². The number of anilines is 1. The Labute approximate surface area is 133 Å². The fraction of sp³-hybridized carbons (Fsp3) is 0.353. The van der Waals surface area contributed by atoms with E-state index in [1.54, 1.807) is 6.07 Å². The number of halogens is 1. The van der Waals surface area contributed by atoms with Crippen LogP contribution in [0, 0.1) is 12.7 Å². The standard InChI is InChI=1S/C17H19FN2OS/c1-12-6-7-14(18)15(10-12)19-13-4-2-8-20(11-13)17(21)16-5-3-9-22-16/h3,5-7,9-10,13,19H,2,4,8,11H2,1H3. The van der Waals surface area contributed by atoms with Gasteiger partial charge in [0.25, 0.3) is 5.91 Å². The molecule has 116 valence electrons. The fourth-order valence-electron chi connectivity index (χ4n) is 2.81. The van der Waals surface area contributed by atoms with Crippen LogP contribution in [-0.2, 0) is 0 Å². The first-order valence-electron chi connectivity index (χ1n) is 7.49. The Bertz CT molecular complexity index is 657. The van der Waals surface area contributed by atoms with Crippen LogP contribution in [0.2, 0.25) is 0 Å². The quantitative estimate of drug-likeness (QED) is 0.930. The van der Waals surface area contributed by atoms with E-state index in [1.165, 1.54) is 17.4 Å². The summed E-state index contributed by atoms with van der Waals surface area (Å²) < 4.78 is 13.9. The number of hydrogen-bond donors (Lipinski definition) is 1. The van der Waals surface area contributed by atoms with Crippen molar-refractivity contribution in [1.82, 2.24) is 4.90 Å². The molecule has 5 heteroatoms. The third-order valence-electron chi connectivity index (χ3n) is 3.92. The number of thiophene rings is 1. The minimum atomic E-state index is -0.243. The van der Waals surface area contributed by atoms with Gasteiger partial charge in [-0.2, -0.15) is 0 Å². The molecule has 3 nitrogen and oxygen atoms in total. The second-order valence-electron chi connectivity index (χ2n) is 5.70. The maximum Gasteiger partial charge on any atom is 0.263 e. The lowest BCUT2D eigenvalue weighted by molar-refractivity contribution is 0.0719. The van der Waals surface area contributed by atoms with Crippen LogP contribution < -0.4 is 5.32 Å². The molecule has 0 bridgehead atoms. The lowest BCUT2D eigenvalue weighted by atomic mass is 10.0. The number of amides is 1. The molecule has 1 N–H and O–H groups in total. The van der Waals surface area contributed by atoms with E-state index < -0.39 is 0 Å². The molecule has 22 heavy (non-hydrogen) atoms. The van der Waals surface area contributed by atoms with Crippen molar-refractivity contribution in [3.8, 4) is 0 Å². The molecular weight excluding hydrogens is 299 g/mol. The molecule has 1 fully saturated rings. The Morgan fingerprint density at radius 1 is 1.41 bits per heavy atom. The van der Waals surface area contributed by atoms with E-state index in [0.717, 1.165) is 29.8 Å². The Hall–Kier alpha value is -1.88. The van der Waals surface area contributed by atoms with Crippen molar-refractivity contribution in [2.45, 2.75) is 25.8 Å². The summed E-state index contributed by atoms with van der Waals surface area (Å²) in [7, 11) is 0. The molecule has 1 aliphatic heterocycles. The zero-order chi connectivity index (χ0) is 15.5. The first kappa shape index (κ1) is 15.0. The van der Waals surface area contributed by atoms with Gasteiger partial charge < -0.3 is 10.2 Å². The highest BCUT2D eigenvalue weighted by Crippen LogP contribution is 2.22. The van der Waals surface area contributed by atoms with Crippen LogP contribution in [0.25, 0.3) is 0 Å². The van der Waals surface area contributed by atoms with E-state index in [0.29, 0.717) is 12.2 Å². The largest absolute Gasteiger partial charge is 0.378 e. The Kier molecular flexibility index (Phi) is 4.43. The van der Waals surface area contributed by atoms with Gasteiger partial charge in [0.1, 0.15) is 5.82 Å². The van der Waals surface area contributed by atoms with Gasteiger partial charge in [-0.15, -0.1) is 11.3 Å². The number of carbonyl (C=O) groups excluding carboxylic acids is 1. The first-order chi connectivity index (χ1) is 10.6. The molecule has 2 heterocycles. The van der Waals surface area contributed by atoms with Gasteiger partial charge in [0, 0.05) is 19.1 Å². The van der Waals surface area contributed by atoms with Gasteiger partial charge in [-0.1, -0.05) is 12.1 Å². The van der Waals surface area contributed by atoms with Crippen molar-refractivity contribution in [2.24, 2.45) is 0 Å². The zero-order valence-corrected chi connectivity index (χ0v) is 13.3. The van der Waals surface area contributed by atoms with Gasteiger partial charge in [-0.25, -0.2) is 4.39 Å². The van der Waals surface area contributed by atoms with E-state index in [9.17, 15) is 9.18 Å². The van der Waals surface area contributed by atoms with Crippen LogP contribution in [0.1, 0.15) is 28.1 Å². The van der Waals surface area contributed by atoms with Gasteiger partial charge in [0.15, 0.2) is 0 Å². The second-order valence-corrected chi connectivity index (χ2v) is 6.64. The second kappa shape index (κ2) is 6.48. The lowest BCUT2D eigenvalue weighted by Gasteiger charge is -2.33. The minimum Gasteiger partial charge on any atom is -0.378 e. The third kappa shape index (κ3) is 3.30. The Morgan fingerprint density at radius 3 is 3.05 bits per heavy atom. The number of likely N-dealkylation sites (tertiary alicyclic amines) is 1. The molecule has 1 unspecified atom stereocenters. The van der Waals surface area contributed by atoms with Gasteiger partial charge >= 0.3 is 0 Å². The summed E-state index contributed by atoms with van der Waals surface area (Å²) >= 11 is 1.46. The summed E-state index contributed by atoms with van der Waals surface area (Å²) in [5.41, 5.74) is 1.54. The molecule has 1 saturated heterocycles. The topological polar surface area (TPSA) is 32.3 Å². The number of nitrogens with zero attached hydrogens (tertiary/aromatic N) is 1. The molecule has 1 aromatic heterocycles. The van der Waals surface area contributed by atoms with Crippen molar-refractivity contribution in [1.29, 1.82) is 0 Å². The molecule has 1 aliphatic rings. The van der Waals surface area contributed by atoms with E-state index in [1.807, 2.05) is 35.4 Å². The van der Waals surface area contributed by atoms with Gasteiger partial charge in [0.05, 0.1) is 10.6 Å². The molecule has 1 atom stereocenters. The molecule has 1 aromatic carbocycles. The van der Waals surface area contributed by atoms with Crippen LogP contribution in [0.5, 0.6) is 0 Å². The third-order valence-corrected chi connectivity index (χ3v) is 4.78. The van der Waals surface area contributed by atoms with Crippen molar-refractivity contribution in [3.05, 3.63) is 52.0 Å². The monoisotopic (exact) mass is 318 g/mol. The SMILES string of the molecule is Cc1ccc(F)c(NC2CCCN(C(=O)c3cccs3)C2)c1. The molecule has 0 spiro atoms. The maximum atomic E-state index is 13.9. The number of benzene rings is 1. The minimum absolute atomic E-state index is 0.0752. The van der Waals surface area contributed by atoms with Crippen LogP contribution in [-0.4, -0.2) is 29.9 Å². The summed E-state index contributed by atoms with van der Waals surface area (Å²) in [4.78, 5) is 15.0. The summed E-state index contributed by atoms with van der Waals surface area (Å²) in [5.74, 6) is -0.168. The van der Waals surface area contributed by atoms with Crippen LogP contribution >= 0.6 is 11.3 Å². The van der Waals surface area contributed by atoms with Crippen molar-refractivity contribution >= 4 is 22.9 Å². The summed E-state index contributed by atoms with van der Waals surface area (Å²) in [6, 6.07) is 8.89. The van der Waals surface area contributed by atoms with E-state index in [2.05, 4.69) is 5.32 Å². The van der Waals surface area contributed by atoms with E-state index >= 15 is 0 Å². The highest BCUT2D eigenvalue weighted by atomic mass is 32.1. The lowest BCUT2D eigenvalue weighted by Crippen LogP contribution is -2.45. The number of hydrogen-bond acceptors (Lipinski definition) is 3. The summed E-state index contributed by atoms with van der Waals surface area (Å²) in [6.07, 6.45) is 1.88. The van der Waals surface area contributed by atoms with Crippen LogP contribution in [0.15, 0.2) is 35.7 Å². The predicted octanol–water partition coefficient (Wildman–Crippen LogP) is 3.91. The van der Waals surface area contributed by atoms with Gasteiger partial charge in [0.2, 0.25) is 0 Å². The van der Waals surface area contributed by atoms with Crippen molar-refractivity contribution in [3.63, 3.8) is 0 Å². The fourth-order valence-corrected chi connectivity index (χ4v) is 3.50. The molecule has 0 saturated carbocycles. The smallest absolute Gasteiger partial charge is 0.263 e. The normalized spacial score (nSPS) is 18.3. The van der Waals surface area contributed by atoms with E-state index in [-0.39, 0.29) is 17.8 Å². The zero-order valence-electron chi connectivity index (χ0n) is 12.5. The average molecular weight is 318 g/mol. The number of rotatable bonds is 3. The number of aryl methyl sites for hydroxylation is 1. The van der Waals surface area contributed by atoms with Crippen molar-refractivity contribution < 1.29 is 9.18 Å². The van der Waals surface area contributed by atoms with Crippen LogP contribution in [0.3, 0.4) is 0 Å². The number of carbonyl (C=O) groups is 1. The average Bonchev–Trinajstić information content (AvgIpc) is 3.05. The molecular formula is C17H19FN2OS. The predicted molar refractivity (Wildman–Crippen MR) is 88.0 cm³/mol. The summed E-state index contributed by atoms with van der Waals surface area (Å²) in [6.45, 7) is 3.33. The van der Waals surface area contributed by atoms with Crippen LogP contribution in [0.4, 0.5) is 10.1 Å². The van der Waals surface area contributed by atoms with E-state index in [4.69, 9.17) is 0 Å². The number of nitrogens with one attached hydrogen (secondary N) is 1. The van der Waals surface area contributed by atoms with Gasteiger partial charge in [-0.05, 0) is 48.9 Å². The number of piperidine rings is 1. The van der Waals surface area contributed by atoms with Gasteiger partial charge in [-0.3, -0.25) is 4.79 Å². The maximum absolute atomic E-state index is 13.9. The Balaban J connectivity index is 1.68. The molecule has 1 amide bonds. The first-order valence-corrected chi connectivity index (χ1v) is 8.37. The molecule has 2 aromatic rings. The summed E-state index contributed by atoms with van der Waals surface area (Å²) in [5, 5.41) is 5.17. The molecule has 3 rings (SSSR count). The Morgan fingerprint density at radius 2 is 2.27 bits per heavy atom.